The van der Waals surface area contributed by atoms with Crippen molar-refractivity contribution >= 4 is 21.5 Å². The van der Waals surface area contributed by atoms with Crippen molar-refractivity contribution in [3.05, 3.63) is 74.8 Å². The summed E-state index contributed by atoms with van der Waals surface area (Å²) >= 11 is 3.71. The van der Waals surface area contributed by atoms with Crippen molar-refractivity contribution in [3.8, 4) is 0 Å². The normalized spacial score (nSPS) is 21.7. The molecule has 4 rings (SSSR count). The van der Waals surface area contributed by atoms with Crippen LogP contribution in [0.15, 0.2) is 63.7 Å². The van der Waals surface area contributed by atoms with Crippen molar-refractivity contribution in [1.82, 2.24) is 0 Å². The van der Waals surface area contributed by atoms with E-state index in [4.69, 9.17) is 0 Å². The number of fused-ring (bicyclic) bond motifs is 3. The zero-order valence-electron chi connectivity index (χ0n) is 14.0. The predicted octanol–water partition coefficient (Wildman–Crippen LogP) is 6.88. The minimum atomic E-state index is 0.199. The lowest BCUT2D eigenvalue weighted by molar-refractivity contribution is 0.542. The van der Waals surface area contributed by atoms with Crippen LogP contribution in [0.3, 0.4) is 0 Å². The quantitative estimate of drug-likeness (QED) is 0.534. The standard InChI is InChI=1S/C22H23Br/c1-3-7-18-19-11-10-17(23)12-21(19)22(20(18)4-2)13-15-8-5-6-9-16(15)14-22/h3,7-12H,4-6,13-14H2,1-2H3/b7-3-. The van der Waals surface area contributed by atoms with Crippen molar-refractivity contribution in [2.45, 2.75) is 51.4 Å². The molecule has 1 heteroatoms. The molecule has 1 aromatic carbocycles. The molecule has 0 aliphatic heterocycles. The predicted molar refractivity (Wildman–Crippen MR) is 102 cm³/mol. The van der Waals surface area contributed by atoms with E-state index in [9.17, 15) is 0 Å². The monoisotopic (exact) mass is 366 g/mol. The van der Waals surface area contributed by atoms with Crippen LogP contribution in [0.2, 0.25) is 0 Å². The van der Waals surface area contributed by atoms with Gasteiger partial charge in [-0.2, -0.15) is 0 Å². The Morgan fingerprint density at radius 3 is 2.43 bits per heavy atom. The zero-order chi connectivity index (χ0) is 16.0. The molecule has 23 heavy (non-hydrogen) atoms. The van der Waals surface area contributed by atoms with Gasteiger partial charge in [-0.3, -0.25) is 0 Å². The molecule has 0 unspecified atom stereocenters. The molecule has 0 amide bonds. The van der Waals surface area contributed by atoms with Crippen LogP contribution in [-0.4, -0.2) is 0 Å². The molecule has 118 valence electrons. The first-order valence-electron chi connectivity index (χ1n) is 8.75. The van der Waals surface area contributed by atoms with Crippen LogP contribution < -0.4 is 0 Å². The summed E-state index contributed by atoms with van der Waals surface area (Å²) in [5.74, 6) is 0. The van der Waals surface area contributed by atoms with Gasteiger partial charge in [0.1, 0.15) is 0 Å². The Morgan fingerprint density at radius 1 is 1.13 bits per heavy atom. The van der Waals surface area contributed by atoms with Crippen molar-refractivity contribution in [3.63, 3.8) is 0 Å². The molecule has 0 nitrogen and oxygen atoms in total. The first-order chi connectivity index (χ1) is 11.2. The molecular formula is C22H23Br. The van der Waals surface area contributed by atoms with Crippen molar-refractivity contribution in [2.24, 2.45) is 0 Å². The maximum atomic E-state index is 3.71. The number of halogens is 1. The van der Waals surface area contributed by atoms with E-state index in [0.29, 0.717) is 0 Å². The van der Waals surface area contributed by atoms with Crippen LogP contribution in [0.25, 0.3) is 5.57 Å². The highest BCUT2D eigenvalue weighted by atomic mass is 79.9. The Labute approximate surface area is 147 Å². The largest absolute Gasteiger partial charge is 0.0870 e. The number of benzene rings is 1. The fraction of sp³-hybridized carbons (Fsp3) is 0.364. The number of hydrogen-bond acceptors (Lipinski definition) is 0. The van der Waals surface area contributed by atoms with E-state index in [2.05, 4.69) is 72.3 Å². The molecule has 0 bridgehead atoms. The highest BCUT2D eigenvalue weighted by Gasteiger charge is 2.48. The topological polar surface area (TPSA) is 0 Å². The third-order valence-electron chi connectivity index (χ3n) is 5.72. The Hall–Kier alpha value is -1.34. The highest BCUT2D eigenvalue weighted by Crippen LogP contribution is 2.60. The van der Waals surface area contributed by atoms with Gasteiger partial charge in [-0.1, -0.05) is 58.8 Å². The fourth-order valence-electron chi connectivity index (χ4n) is 4.88. The van der Waals surface area contributed by atoms with E-state index in [1.807, 2.05) is 0 Å². The Bertz CT molecular complexity index is 764. The smallest absolute Gasteiger partial charge is 0.0258 e. The maximum Gasteiger partial charge on any atom is 0.0258 e. The Balaban J connectivity index is 1.97. The van der Waals surface area contributed by atoms with Gasteiger partial charge in [-0.05, 0) is 79.0 Å². The first kappa shape index (κ1) is 15.2. The van der Waals surface area contributed by atoms with Gasteiger partial charge in [0.05, 0.1) is 0 Å². The third-order valence-corrected chi connectivity index (χ3v) is 6.22. The maximum absolute atomic E-state index is 3.71. The van der Waals surface area contributed by atoms with E-state index in [1.54, 1.807) is 16.7 Å². The molecule has 0 atom stereocenters. The van der Waals surface area contributed by atoms with Crippen LogP contribution >= 0.6 is 15.9 Å². The van der Waals surface area contributed by atoms with Crippen molar-refractivity contribution in [1.29, 1.82) is 0 Å². The lowest BCUT2D eigenvalue weighted by Gasteiger charge is -2.28. The summed E-state index contributed by atoms with van der Waals surface area (Å²) in [6.45, 7) is 4.45. The molecular weight excluding hydrogens is 344 g/mol. The molecule has 1 spiro atoms. The van der Waals surface area contributed by atoms with E-state index in [-0.39, 0.29) is 5.41 Å². The highest BCUT2D eigenvalue weighted by molar-refractivity contribution is 9.10. The van der Waals surface area contributed by atoms with Gasteiger partial charge in [0, 0.05) is 9.89 Å². The SMILES string of the molecule is C/C=C\C1=C(CC)C2(CC3=CCCC=C3C2)c2cc(Br)ccc21. The van der Waals surface area contributed by atoms with Gasteiger partial charge in [-0.15, -0.1) is 0 Å². The molecule has 0 N–H and O–H groups in total. The molecule has 1 aromatic rings. The molecule has 0 aromatic heterocycles. The summed E-state index contributed by atoms with van der Waals surface area (Å²) in [7, 11) is 0. The second-order valence-corrected chi connectivity index (χ2v) is 7.82. The molecule has 0 radical (unpaired) electrons. The average Bonchev–Trinajstić information content (AvgIpc) is 3.05. The second-order valence-electron chi connectivity index (χ2n) is 6.91. The van der Waals surface area contributed by atoms with Crippen molar-refractivity contribution in [2.75, 3.05) is 0 Å². The van der Waals surface area contributed by atoms with Gasteiger partial charge in [0.25, 0.3) is 0 Å². The van der Waals surface area contributed by atoms with E-state index in [0.717, 1.165) is 6.42 Å². The third kappa shape index (κ3) is 2.16. The summed E-state index contributed by atoms with van der Waals surface area (Å²) in [6, 6.07) is 6.87. The molecule has 3 aliphatic rings. The minimum absolute atomic E-state index is 0.199. The van der Waals surface area contributed by atoms with E-state index < -0.39 is 0 Å². The van der Waals surface area contributed by atoms with Gasteiger partial charge >= 0.3 is 0 Å². The van der Waals surface area contributed by atoms with Crippen molar-refractivity contribution < 1.29 is 0 Å². The summed E-state index contributed by atoms with van der Waals surface area (Å²) in [5.41, 5.74) is 9.50. The Morgan fingerprint density at radius 2 is 1.83 bits per heavy atom. The van der Waals surface area contributed by atoms with E-state index >= 15 is 0 Å². The summed E-state index contributed by atoms with van der Waals surface area (Å²) in [6.07, 6.45) is 15.4. The lowest BCUT2D eigenvalue weighted by Crippen LogP contribution is -2.22. The Kier molecular flexibility index (Phi) is 3.72. The fourth-order valence-corrected chi connectivity index (χ4v) is 5.24. The summed E-state index contributed by atoms with van der Waals surface area (Å²) in [4.78, 5) is 0. The van der Waals surface area contributed by atoms with Gasteiger partial charge in [-0.25, -0.2) is 0 Å². The van der Waals surface area contributed by atoms with Gasteiger partial charge in [0.2, 0.25) is 0 Å². The number of allylic oxidation sites excluding steroid dienone is 8. The van der Waals surface area contributed by atoms with Gasteiger partial charge < -0.3 is 0 Å². The molecule has 1 saturated carbocycles. The molecule has 0 heterocycles. The number of hydrogen-bond donors (Lipinski definition) is 0. The van der Waals surface area contributed by atoms with E-state index in [1.165, 1.54) is 46.9 Å². The molecule has 0 saturated heterocycles. The van der Waals surface area contributed by atoms with Crippen LogP contribution in [0.1, 0.15) is 57.1 Å². The van der Waals surface area contributed by atoms with Crippen LogP contribution in [-0.2, 0) is 5.41 Å². The first-order valence-corrected chi connectivity index (χ1v) is 9.54. The lowest BCUT2D eigenvalue weighted by atomic mass is 9.74. The van der Waals surface area contributed by atoms with Crippen LogP contribution in [0.4, 0.5) is 0 Å². The number of rotatable bonds is 2. The van der Waals surface area contributed by atoms with Crippen LogP contribution in [0.5, 0.6) is 0 Å². The minimum Gasteiger partial charge on any atom is -0.0870 e. The summed E-state index contributed by atoms with van der Waals surface area (Å²) < 4.78 is 1.20. The second kappa shape index (κ2) is 5.63. The van der Waals surface area contributed by atoms with Crippen LogP contribution in [0, 0.1) is 0 Å². The average molecular weight is 367 g/mol. The summed E-state index contributed by atoms with van der Waals surface area (Å²) in [5, 5.41) is 0. The zero-order valence-corrected chi connectivity index (χ0v) is 15.5. The van der Waals surface area contributed by atoms with Gasteiger partial charge in [0.15, 0.2) is 0 Å². The molecule has 1 fully saturated rings. The molecule has 3 aliphatic carbocycles.